The highest BCUT2D eigenvalue weighted by molar-refractivity contribution is 7.98. The molecule has 0 radical (unpaired) electrons. The molecule has 0 fully saturated rings. The molecule has 1 atom stereocenters. The predicted molar refractivity (Wildman–Crippen MR) is 161 cm³/mol. The summed E-state index contributed by atoms with van der Waals surface area (Å²) in [5.41, 5.74) is 3.33. The second-order valence-electron chi connectivity index (χ2n) is 9.10. The van der Waals surface area contributed by atoms with Crippen LogP contribution >= 0.6 is 23.4 Å². The van der Waals surface area contributed by atoms with E-state index >= 15 is 0 Å². The largest absolute Gasteiger partial charge is 0.497 e. The number of nitrogens with zero attached hydrogens (tertiary/aromatic N) is 3. The number of ether oxygens (including phenoxy) is 3. The van der Waals surface area contributed by atoms with Crippen LogP contribution in [0.5, 0.6) is 17.2 Å². The Kier molecular flexibility index (Phi) is 8.70. The molecule has 1 unspecified atom stereocenters. The summed E-state index contributed by atoms with van der Waals surface area (Å²) in [5, 5.41) is 12.4. The maximum absolute atomic E-state index is 14.0. The van der Waals surface area contributed by atoms with E-state index in [1.807, 2.05) is 74.5 Å². The van der Waals surface area contributed by atoms with E-state index in [9.17, 15) is 4.79 Å². The highest BCUT2D eigenvalue weighted by atomic mass is 35.5. The monoisotopic (exact) mass is 591 g/mol. The average molecular weight is 592 g/mol. The van der Waals surface area contributed by atoms with Gasteiger partial charge in [-0.15, -0.1) is 5.10 Å². The lowest BCUT2D eigenvalue weighted by atomic mass is 9.94. The zero-order chi connectivity index (χ0) is 28.9. The van der Waals surface area contributed by atoms with Gasteiger partial charge in [-0.25, -0.2) is 4.68 Å². The van der Waals surface area contributed by atoms with E-state index in [0.717, 1.165) is 5.56 Å². The smallest absolute Gasteiger partial charge is 0.255 e. The van der Waals surface area contributed by atoms with Crippen LogP contribution < -0.4 is 24.8 Å². The molecule has 1 aromatic heterocycles. The number of para-hydroxylation sites is 2. The molecule has 0 spiro atoms. The van der Waals surface area contributed by atoms with Crippen LogP contribution in [0.15, 0.2) is 83.2 Å². The van der Waals surface area contributed by atoms with Gasteiger partial charge in [0.15, 0.2) is 0 Å². The Bertz CT molecular complexity index is 1610. The van der Waals surface area contributed by atoms with Crippen LogP contribution in [-0.2, 0) is 10.5 Å². The van der Waals surface area contributed by atoms with Crippen LogP contribution in [0.2, 0.25) is 5.02 Å². The molecular formula is C30H30ClN5O4S. The lowest BCUT2D eigenvalue weighted by Gasteiger charge is -2.29. The summed E-state index contributed by atoms with van der Waals surface area (Å²) in [6, 6.07) is 19.8. The fourth-order valence-electron chi connectivity index (χ4n) is 4.63. The normalized spacial score (nSPS) is 14.2. The van der Waals surface area contributed by atoms with Crippen molar-refractivity contribution in [1.29, 1.82) is 0 Å². The first-order valence-electron chi connectivity index (χ1n) is 13.0. The van der Waals surface area contributed by atoms with Crippen molar-refractivity contribution >= 4 is 40.9 Å². The number of amides is 1. The van der Waals surface area contributed by atoms with Gasteiger partial charge in [0, 0.05) is 22.0 Å². The molecule has 5 rings (SSSR count). The number of aromatic nitrogens is 3. The molecule has 2 N–H and O–H groups in total. The van der Waals surface area contributed by atoms with Gasteiger partial charge in [0.2, 0.25) is 11.1 Å². The number of methoxy groups -OCH3 is 2. The Morgan fingerprint density at radius 2 is 1.85 bits per heavy atom. The lowest BCUT2D eigenvalue weighted by molar-refractivity contribution is -0.113. The van der Waals surface area contributed by atoms with E-state index in [1.165, 1.54) is 11.8 Å². The minimum absolute atomic E-state index is 0.316. The standard InChI is InChI=1S/C30H30ClN5O4S/c1-5-40-25-13-9-8-12-23(25)33-28(37)26-18(2)32-29-34-30(41-17-19-10-6-7-11-22(19)31)35-36(29)27(26)21-16-20(38-3)14-15-24(21)39-4/h6-16,27H,5,17H2,1-4H3,(H,33,37)(H,32,34,35). The van der Waals surface area contributed by atoms with Crippen LogP contribution in [0, 0.1) is 0 Å². The number of hydrogen-bond donors (Lipinski definition) is 2. The number of anilines is 2. The number of allylic oxidation sites excluding steroid dienone is 1. The van der Waals surface area contributed by atoms with Gasteiger partial charge in [-0.05, 0) is 55.8 Å². The summed E-state index contributed by atoms with van der Waals surface area (Å²) in [6.45, 7) is 4.21. The summed E-state index contributed by atoms with van der Waals surface area (Å²) >= 11 is 7.83. The van der Waals surface area contributed by atoms with Crippen molar-refractivity contribution in [2.45, 2.75) is 30.8 Å². The Labute approximate surface area is 247 Å². The van der Waals surface area contributed by atoms with Crippen LogP contribution in [-0.4, -0.2) is 41.5 Å². The topological polar surface area (TPSA) is 99.5 Å². The SMILES string of the molecule is CCOc1ccccc1NC(=O)C1=C(C)Nc2nc(SCc3ccccc3Cl)nn2C1c1cc(OC)ccc1OC. The van der Waals surface area contributed by atoms with Crippen molar-refractivity contribution in [1.82, 2.24) is 14.8 Å². The van der Waals surface area contributed by atoms with Crippen molar-refractivity contribution in [3.63, 3.8) is 0 Å². The van der Waals surface area contributed by atoms with E-state index in [0.29, 0.717) is 68.3 Å². The highest BCUT2D eigenvalue weighted by Gasteiger charge is 2.36. The molecule has 3 aromatic carbocycles. The third kappa shape index (κ3) is 5.98. The Morgan fingerprint density at radius 3 is 2.61 bits per heavy atom. The highest BCUT2D eigenvalue weighted by Crippen LogP contribution is 2.42. The first-order chi connectivity index (χ1) is 19.9. The number of halogens is 1. The Balaban J connectivity index is 1.56. The number of carbonyl (C=O) groups excluding carboxylic acids is 1. The summed E-state index contributed by atoms with van der Waals surface area (Å²) in [7, 11) is 3.19. The number of rotatable bonds is 10. The fourth-order valence-corrected chi connectivity index (χ4v) is 5.74. The Hall–Kier alpha value is -4.15. The molecule has 212 valence electrons. The molecule has 4 aromatic rings. The quantitative estimate of drug-likeness (QED) is 0.200. The minimum Gasteiger partial charge on any atom is -0.497 e. The maximum atomic E-state index is 14.0. The zero-order valence-corrected chi connectivity index (χ0v) is 24.7. The Morgan fingerprint density at radius 1 is 1.07 bits per heavy atom. The van der Waals surface area contributed by atoms with Gasteiger partial charge >= 0.3 is 0 Å². The molecule has 0 bridgehead atoms. The molecule has 9 nitrogen and oxygen atoms in total. The van der Waals surface area contributed by atoms with Crippen LogP contribution in [0.1, 0.15) is 31.0 Å². The second kappa shape index (κ2) is 12.6. The van der Waals surface area contributed by atoms with Gasteiger partial charge in [-0.2, -0.15) is 4.98 Å². The van der Waals surface area contributed by atoms with E-state index in [1.54, 1.807) is 25.0 Å². The van der Waals surface area contributed by atoms with Crippen molar-refractivity contribution in [2.75, 3.05) is 31.5 Å². The number of hydrogen-bond acceptors (Lipinski definition) is 8. The molecule has 41 heavy (non-hydrogen) atoms. The van der Waals surface area contributed by atoms with Gasteiger partial charge in [0.05, 0.1) is 32.1 Å². The third-order valence-corrected chi connectivity index (χ3v) is 7.81. The first-order valence-corrected chi connectivity index (χ1v) is 14.4. The van der Waals surface area contributed by atoms with Crippen molar-refractivity contribution < 1.29 is 19.0 Å². The first kappa shape index (κ1) is 28.4. The van der Waals surface area contributed by atoms with Gasteiger partial charge in [-0.1, -0.05) is 53.7 Å². The summed E-state index contributed by atoms with van der Waals surface area (Å²) in [4.78, 5) is 18.8. The third-order valence-electron chi connectivity index (χ3n) is 6.56. The van der Waals surface area contributed by atoms with Crippen molar-refractivity contribution in [3.8, 4) is 17.2 Å². The van der Waals surface area contributed by atoms with Gasteiger partial charge < -0.3 is 24.8 Å². The van der Waals surface area contributed by atoms with Crippen molar-refractivity contribution in [3.05, 3.63) is 94.1 Å². The number of carbonyl (C=O) groups is 1. The van der Waals surface area contributed by atoms with Crippen LogP contribution in [0.25, 0.3) is 0 Å². The molecule has 0 saturated carbocycles. The van der Waals surface area contributed by atoms with Crippen LogP contribution in [0.3, 0.4) is 0 Å². The van der Waals surface area contributed by atoms with E-state index in [-0.39, 0.29) is 5.91 Å². The average Bonchev–Trinajstić information content (AvgIpc) is 3.39. The fraction of sp³-hybridized carbons (Fsp3) is 0.233. The maximum Gasteiger partial charge on any atom is 0.255 e. The summed E-state index contributed by atoms with van der Waals surface area (Å²) < 4.78 is 18.7. The second-order valence-corrected chi connectivity index (χ2v) is 10.4. The van der Waals surface area contributed by atoms with Crippen LogP contribution in [0.4, 0.5) is 11.6 Å². The van der Waals surface area contributed by atoms with E-state index in [2.05, 4.69) is 10.6 Å². The lowest BCUT2D eigenvalue weighted by Crippen LogP contribution is -2.32. The van der Waals surface area contributed by atoms with E-state index < -0.39 is 6.04 Å². The number of thioether (sulfide) groups is 1. The minimum atomic E-state index is -0.669. The molecular weight excluding hydrogens is 562 g/mol. The van der Waals surface area contributed by atoms with Crippen molar-refractivity contribution in [2.24, 2.45) is 0 Å². The zero-order valence-electron chi connectivity index (χ0n) is 23.1. The molecule has 1 amide bonds. The molecule has 11 heteroatoms. The van der Waals surface area contributed by atoms with E-state index in [4.69, 9.17) is 35.9 Å². The summed E-state index contributed by atoms with van der Waals surface area (Å²) in [6.07, 6.45) is 0. The summed E-state index contributed by atoms with van der Waals surface area (Å²) in [5.74, 6) is 2.56. The number of fused-ring (bicyclic) bond motifs is 1. The van der Waals surface area contributed by atoms with Gasteiger partial charge in [0.1, 0.15) is 23.3 Å². The molecule has 0 aliphatic carbocycles. The number of benzene rings is 3. The predicted octanol–water partition coefficient (Wildman–Crippen LogP) is 6.57. The molecule has 2 heterocycles. The molecule has 1 aliphatic heterocycles. The van der Waals surface area contributed by atoms with Gasteiger partial charge in [0.25, 0.3) is 5.91 Å². The number of nitrogens with one attached hydrogen (secondary N) is 2. The molecule has 1 aliphatic rings. The van der Waals surface area contributed by atoms with Gasteiger partial charge in [-0.3, -0.25) is 4.79 Å². The molecule has 0 saturated heterocycles.